The van der Waals surface area contributed by atoms with Crippen LogP contribution in [0, 0.1) is 0 Å². The number of benzene rings is 4. The van der Waals surface area contributed by atoms with Crippen LogP contribution in [-0.2, 0) is 0 Å². The molecule has 0 aliphatic rings. The van der Waals surface area contributed by atoms with Gasteiger partial charge >= 0.3 is 0 Å². The number of nitrogens with zero attached hydrogens (tertiary/aromatic N) is 1. The van der Waals surface area contributed by atoms with E-state index in [4.69, 9.17) is 0 Å². The third-order valence-corrected chi connectivity index (χ3v) is 11.0. The highest BCUT2D eigenvalue weighted by Gasteiger charge is 2.58. The molecule has 4 aromatic carbocycles. The minimum atomic E-state index is -2.19. The maximum Gasteiger partial charge on any atom is 0.295 e. The van der Waals surface area contributed by atoms with E-state index < -0.39 is 7.26 Å². The first-order valence-electron chi connectivity index (χ1n) is 11.6. The average molecular weight is 528 g/mol. The van der Waals surface area contributed by atoms with Gasteiger partial charge in [0.25, 0.3) is 5.78 Å². The molecule has 0 aliphatic heterocycles. The topological polar surface area (TPSA) is 3.88 Å². The molecule has 180 valence electrons. The fraction of sp³-hybridized carbons (Fsp3) is 0.0312. The lowest BCUT2D eigenvalue weighted by atomic mass is 10.1. The van der Waals surface area contributed by atoms with Gasteiger partial charge in [0.15, 0.2) is 19.7 Å². The molecule has 1 heterocycles. The smallest absolute Gasteiger partial charge is 0.295 e. The molecule has 0 radical (unpaired) electrons. The van der Waals surface area contributed by atoms with Gasteiger partial charge < -0.3 is 24.8 Å². The summed E-state index contributed by atoms with van der Waals surface area (Å²) >= 11 is 0. The first-order valence-corrected chi connectivity index (χ1v) is 13.4. The van der Waals surface area contributed by atoms with Crippen LogP contribution in [0.3, 0.4) is 0 Å². The van der Waals surface area contributed by atoms with Crippen LogP contribution in [-0.4, -0.2) is 0 Å². The van der Waals surface area contributed by atoms with E-state index in [0.717, 1.165) is 5.56 Å². The Hall–Kier alpha value is -3.22. The van der Waals surface area contributed by atoms with Gasteiger partial charge in [0, 0.05) is 12.1 Å². The summed E-state index contributed by atoms with van der Waals surface area (Å²) in [5.41, 5.74) is 2.41. The number of pyridine rings is 1. The lowest BCUT2D eigenvalue weighted by molar-refractivity contribution is -0.693. The molecular weight excluding hydrogens is 500 g/mol. The number of hydrogen-bond acceptors (Lipinski definition) is 0. The van der Waals surface area contributed by atoms with Crippen LogP contribution in [0.25, 0.3) is 6.08 Å². The van der Waals surface area contributed by atoms with Crippen LogP contribution in [0.2, 0.25) is 0 Å². The van der Waals surface area contributed by atoms with E-state index in [0.29, 0.717) is 0 Å². The van der Waals surface area contributed by atoms with Crippen molar-refractivity contribution in [3.8, 4) is 0 Å². The second-order valence-corrected chi connectivity index (χ2v) is 11.8. The Bertz CT molecular complexity index is 1250. The fourth-order valence-electron chi connectivity index (χ4n) is 4.84. The predicted molar refractivity (Wildman–Crippen MR) is 146 cm³/mol. The molecule has 0 fully saturated rings. The Morgan fingerprint density at radius 3 is 1.31 bits per heavy atom. The summed E-state index contributed by atoms with van der Waals surface area (Å²) in [6.07, 6.45) is 6.31. The monoisotopic (exact) mass is 527 g/mol. The molecule has 5 rings (SSSR count). The van der Waals surface area contributed by atoms with E-state index in [1.807, 2.05) is 6.08 Å². The summed E-state index contributed by atoms with van der Waals surface area (Å²) in [4.78, 5) is 0. The molecule has 36 heavy (non-hydrogen) atoms. The van der Waals surface area contributed by atoms with Crippen LogP contribution in [0.4, 0.5) is 0 Å². The molecule has 1 nitrogen and oxygen atoms in total. The summed E-state index contributed by atoms with van der Waals surface area (Å²) in [7, 11) is -2.19. The Labute approximate surface area is 227 Å². The van der Waals surface area contributed by atoms with Gasteiger partial charge in [-0.2, -0.15) is 4.57 Å². The van der Waals surface area contributed by atoms with Crippen molar-refractivity contribution in [2.75, 3.05) is 0 Å². The van der Waals surface area contributed by atoms with Crippen molar-refractivity contribution < 1.29 is 29.4 Å². The Kier molecular flexibility index (Phi) is 9.62. The van der Waals surface area contributed by atoms with Gasteiger partial charge in [0.2, 0.25) is 0 Å². The predicted octanol–water partition coefficient (Wildman–Crippen LogP) is 0.166. The summed E-state index contributed by atoms with van der Waals surface area (Å²) in [6.45, 7) is 3.96. The van der Waals surface area contributed by atoms with Crippen molar-refractivity contribution in [3.05, 3.63) is 164 Å². The first-order chi connectivity index (χ1) is 16.8. The zero-order valence-electron chi connectivity index (χ0n) is 19.9. The largest absolute Gasteiger partial charge is 1.00 e. The second-order valence-electron chi connectivity index (χ2n) is 8.30. The third kappa shape index (κ3) is 5.15. The SMILES string of the molecule is C=Cc1ccc(C([n+]2ccccc2)[P+](c2ccccc2)(c2ccccc2)c2ccccc2)cc1.[Cl-].[Cl-]. The molecule has 0 saturated carbocycles. The number of rotatable bonds is 7. The Morgan fingerprint density at radius 1 is 0.528 bits per heavy atom. The Morgan fingerprint density at radius 2 is 0.917 bits per heavy atom. The van der Waals surface area contributed by atoms with Crippen molar-refractivity contribution in [1.29, 1.82) is 0 Å². The highest BCUT2D eigenvalue weighted by atomic mass is 35.5. The summed E-state index contributed by atoms with van der Waals surface area (Å²) in [5, 5.41) is 4.09. The highest BCUT2D eigenvalue weighted by molar-refractivity contribution is 7.95. The van der Waals surface area contributed by atoms with Gasteiger partial charge in [-0.05, 0) is 54.1 Å². The normalized spacial score (nSPS) is 11.4. The van der Waals surface area contributed by atoms with Gasteiger partial charge in [0.1, 0.15) is 15.9 Å². The molecule has 4 heteroatoms. The van der Waals surface area contributed by atoms with Crippen LogP contribution < -0.4 is 45.3 Å². The average Bonchev–Trinajstić information content (AvgIpc) is 2.94. The van der Waals surface area contributed by atoms with Gasteiger partial charge in [-0.3, -0.25) is 0 Å². The number of halogens is 2. The van der Waals surface area contributed by atoms with Gasteiger partial charge in [-0.25, -0.2) is 0 Å². The van der Waals surface area contributed by atoms with Gasteiger partial charge in [-0.15, -0.1) is 0 Å². The maximum absolute atomic E-state index is 3.96. The maximum atomic E-state index is 3.96. The third-order valence-electron chi connectivity index (χ3n) is 6.35. The first kappa shape index (κ1) is 27.4. The molecule has 1 aromatic heterocycles. The summed E-state index contributed by atoms with van der Waals surface area (Å²) in [6, 6.07) is 48.4. The molecule has 0 bridgehead atoms. The van der Waals surface area contributed by atoms with E-state index in [2.05, 4.69) is 157 Å². The molecule has 0 amide bonds. The number of aromatic nitrogens is 1. The van der Waals surface area contributed by atoms with E-state index in [-0.39, 0.29) is 30.6 Å². The van der Waals surface area contributed by atoms with Crippen LogP contribution >= 0.6 is 7.26 Å². The zero-order valence-corrected chi connectivity index (χ0v) is 22.3. The molecule has 1 atom stereocenters. The molecule has 0 saturated heterocycles. The van der Waals surface area contributed by atoms with Crippen molar-refractivity contribution in [1.82, 2.24) is 0 Å². The van der Waals surface area contributed by atoms with Crippen molar-refractivity contribution in [3.63, 3.8) is 0 Å². The van der Waals surface area contributed by atoms with Crippen LogP contribution in [0.5, 0.6) is 0 Å². The van der Waals surface area contributed by atoms with Crippen molar-refractivity contribution in [2.24, 2.45) is 0 Å². The zero-order chi connectivity index (χ0) is 23.2. The fourth-order valence-corrected chi connectivity index (χ4v) is 9.68. The quantitative estimate of drug-likeness (QED) is 0.210. The van der Waals surface area contributed by atoms with E-state index >= 15 is 0 Å². The van der Waals surface area contributed by atoms with Gasteiger partial charge in [-0.1, -0.05) is 85.5 Å². The highest BCUT2D eigenvalue weighted by Crippen LogP contribution is 2.65. The lowest BCUT2D eigenvalue weighted by Crippen LogP contribution is -3.00. The van der Waals surface area contributed by atoms with Crippen molar-refractivity contribution >= 4 is 29.3 Å². The standard InChI is InChI=1S/C32H28NP.2ClH/c1-2-27-21-23-28(24-22-27)32(33-25-13-6-14-26-33)34(29-15-7-3-8-16-29,30-17-9-4-10-18-30)31-19-11-5-12-20-31;;/h2-26,32H,1H2;2*1H/q+2;;/p-2. The molecule has 1 unspecified atom stereocenters. The number of hydrogen-bond donors (Lipinski definition) is 0. The van der Waals surface area contributed by atoms with E-state index in [1.165, 1.54) is 21.5 Å². The summed E-state index contributed by atoms with van der Waals surface area (Å²) < 4.78 is 2.39. The molecule has 0 spiro atoms. The minimum absolute atomic E-state index is 0. The van der Waals surface area contributed by atoms with E-state index in [9.17, 15) is 0 Å². The van der Waals surface area contributed by atoms with Crippen LogP contribution in [0.1, 0.15) is 16.9 Å². The molecule has 0 N–H and O–H groups in total. The molecule has 0 aliphatic carbocycles. The lowest BCUT2D eigenvalue weighted by Gasteiger charge is -2.31. The van der Waals surface area contributed by atoms with Crippen LogP contribution in [0.15, 0.2) is 152 Å². The van der Waals surface area contributed by atoms with Gasteiger partial charge in [0.05, 0.1) is 5.56 Å². The molecular formula is C32H28Cl2NP. The Balaban J connectivity index is 0.00000180. The van der Waals surface area contributed by atoms with Crippen molar-refractivity contribution in [2.45, 2.75) is 5.78 Å². The van der Waals surface area contributed by atoms with E-state index in [1.54, 1.807) is 0 Å². The molecule has 5 aromatic rings. The second kappa shape index (κ2) is 12.7. The minimum Gasteiger partial charge on any atom is -1.00 e. The summed E-state index contributed by atoms with van der Waals surface area (Å²) in [5.74, 6) is 0.0831.